The lowest BCUT2D eigenvalue weighted by Crippen LogP contribution is -2.49. The third kappa shape index (κ3) is 5.37. The fourth-order valence-electron chi connectivity index (χ4n) is 2.93. The molecule has 154 valence electrons. The molecule has 0 aromatic heterocycles. The summed E-state index contributed by atoms with van der Waals surface area (Å²) in [6.45, 7) is 2.83. The zero-order valence-corrected chi connectivity index (χ0v) is 15.7. The summed E-state index contributed by atoms with van der Waals surface area (Å²) in [4.78, 5) is 29.9. The number of piperidine rings is 1. The molecule has 1 atom stereocenters. The number of halogens is 3. The molecule has 2 rings (SSSR count). The molecule has 0 saturated carbocycles. The Morgan fingerprint density at radius 2 is 2.04 bits per heavy atom. The van der Waals surface area contributed by atoms with Gasteiger partial charge in [-0.3, -0.25) is 14.6 Å². The Kier molecular flexibility index (Phi) is 7.65. The van der Waals surface area contributed by atoms with Crippen LogP contribution in [-0.2, 0) is 14.3 Å². The Hall–Kier alpha value is -2.78. The van der Waals surface area contributed by atoms with Crippen LogP contribution >= 0.6 is 0 Å². The van der Waals surface area contributed by atoms with Crippen LogP contribution in [0.5, 0.6) is 0 Å². The monoisotopic (exact) mass is 400 g/mol. The average molecular weight is 400 g/mol. The zero-order valence-electron chi connectivity index (χ0n) is 15.7. The number of nitrogens with one attached hydrogen (secondary N) is 2. The smallest absolute Gasteiger partial charge is 0.310 e. The fraction of sp³-hybridized carbons (Fsp3) is 0.500. The molecule has 1 unspecified atom stereocenters. The van der Waals surface area contributed by atoms with Crippen molar-refractivity contribution in [3.05, 3.63) is 29.6 Å². The normalized spacial score (nSPS) is 17.2. The van der Waals surface area contributed by atoms with Crippen LogP contribution in [0.3, 0.4) is 0 Å². The van der Waals surface area contributed by atoms with Gasteiger partial charge in [-0.1, -0.05) is 0 Å². The average Bonchev–Trinajstić information content (AvgIpc) is 2.69. The van der Waals surface area contributed by atoms with Crippen LogP contribution in [0.25, 0.3) is 0 Å². The first-order valence-electron chi connectivity index (χ1n) is 8.92. The van der Waals surface area contributed by atoms with Crippen LogP contribution in [-0.4, -0.2) is 56.0 Å². The molecule has 10 heteroatoms. The van der Waals surface area contributed by atoms with E-state index >= 15 is 0 Å². The van der Waals surface area contributed by atoms with Gasteiger partial charge in [-0.05, 0) is 31.9 Å². The van der Waals surface area contributed by atoms with E-state index in [1.54, 1.807) is 6.92 Å². The van der Waals surface area contributed by atoms with Crippen molar-refractivity contribution in [1.82, 2.24) is 10.2 Å². The number of aliphatic imine (C=N–C) groups is 1. The van der Waals surface area contributed by atoms with E-state index in [4.69, 9.17) is 4.74 Å². The van der Waals surface area contributed by atoms with Crippen molar-refractivity contribution >= 4 is 23.5 Å². The number of carbonyl (C=O) groups is 2. The van der Waals surface area contributed by atoms with Crippen molar-refractivity contribution < 1.29 is 27.5 Å². The van der Waals surface area contributed by atoms with E-state index in [9.17, 15) is 22.8 Å². The highest BCUT2D eigenvalue weighted by Gasteiger charge is 2.28. The first kappa shape index (κ1) is 21.5. The molecule has 0 aliphatic carbocycles. The summed E-state index contributed by atoms with van der Waals surface area (Å²) in [7, 11) is 1.53. The van der Waals surface area contributed by atoms with Crippen molar-refractivity contribution in [2.45, 2.75) is 19.8 Å². The van der Waals surface area contributed by atoms with Gasteiger partial charge < -0.3 is 20.3 Å². The molecule has 1 aromatic carbocycles. The van der Waals surface area contributed by atoms with E-state index in [1.807, 2.05) is 4.90 Å². The second kappa shape index (κ2) is 9.95. The first-order valence-corrected chi connectivity index (χ1v) is 8.92. The summed E-state index contributed by atoms with van der Waals surface area (Å²) in [5.74, 6) is -5.27. The minimum atomic E-state index is -1.65. The molecule has 1 saturated heterocycles. The SMILES string of the molecule is CCOC(=O)C1CCCN(C(=NC)NCC(=O)Nc2ccc(F)c(F)c2F)C1. The second-order valence-corrected chi connectivity index (χ2v) is 6.21. The maximum absolute atomic E-state index is 13.6. The van der Waals surface area contributed by atoms with Crippen LogP contribution in [0.4, 0.5) is 18.9 Å². The van der Waals surface area contributed by atoms with E-state index in [2.05, 4.69) is 15.6 Å². The van der Waals surface area contributed by atoms with Gasteiger partial charge in [0.25, 0.3) is 0 Å². The largest absolute Gasteiger partial charge is 0.466 e. The van der Waals surface area contributed by atoms with Gasteiger partial charge in [0, 0.05) is 20.1 Å². The number of guanidine groups is 1. The molecular formula is C18H23F3N4O3. The van der Waals surface area contributed by atoms with Gasteiger partial charge in [-0.25, -0.2) is 13.2 Å². The molecule has 7 nitrogen and oxygen atoms in total. The van der Waals surface area contributed by atoms with Crippen molar-refractivity contribution in [2.24, 2.45) is 10.9 Å². The van der Waals surface area contributed by atoms with Crippen LogP contribution < -0.4 is 10.6 Å². The van der Waals surface area contributed by atoms with Gasteiger partial charge in [-0.15, -0.1) is 0 Å². The van der Waals surface area contributed by atoms with Gasteiger partial charge in [0.2, 0.25) is 5.91 Å². The molecule has 0 spiro atoms. The minimum absolute atomic E-state index is 0.269. The molecular weight excluding hydrogens is 377 g/mol. The molecule has 1 heterocycles. The molecule has 0 radical (unpaired) electrons. The quantitative estimate of drug-likeness (QED) is 0.341. The summed E-state index contributed by atoms with van der Waals surface area (Å²) < 4.78 is 44.9. The van der Waals surface area contributed by atoms with Gasteiger partial charge in [0.1, 0.15) is 0 Å². The Bertz CT molecular complexity index is 758. The maximum Gasteiger partial charge on any atom is 0.310 e. The van der Waals surface area contributed by atoms with Crippen LogP contribution in [0.15, 0.2) is 17.1 Å². The number of hydrogen-bond donors (Lipinski definition) is 2. The highest BCUT2D eigenvalue weighted by Crippen LogP contribution is 2.20. The van der Waals surface area contributed by atoms with E-state index in [0.29, 0.717) is 32.1 Å². The number of amides is 1. The number of nitrogens with zero attached hydrogens (tertiary/aromatic N) is 2. The summed E-state index contributed by atoms with van der Waals surface area (Å²) in [5.41, 5.74) is -0.457. The third-order valence-corrected chi connectivity index (χ3v) is 4.27. The maximum atomic E-state index is 13.6. The highest BCUT2D eigenvalue weighted by molar-refractivity contribution is 5.95. The number of ether oxygens (including phenoxy) is 1. The molecule has 2 N–H and O–H groups in total. The Labute approximate surface area is 160 Å². The van der Waals surface area contributed by atoms with Gasteiger partial charge in [0.15, 0.2) is 23.4 Å². The molecule has 1 fully saturated rings. The third-order valence-electron chi connectivity index (χ3n) is 4.27. The lowest BCUT2D eigenvalue weighted by atomic mass is 9.98. The summed E-state index contributed by atoms with van der Waals surface area (Å²) in [6.07, 6.45) is 1.47. The highest BCUT2D eigenvalue weighted by atomic mass is 19.2. The molecule has 28 heavy (non-hydrogen) atoms. The number of likely N-dealkylation sites (tertiary alicyclic amines) is 1. The number of hydrogen-bond acceptors (Lipinski definition) is 4. The first-order chi connectivity index (χ1) is 13.4. The van der Waals surface area contributed by atoms with E-state index in [0.717, 1.165) is 18.6 Å². The predicted molar refractivity (Wildman–Crippen MR) is 97.2 cm³/mol. The zero-order chi connectivity index (χ0) is 20.7. The predicted octanol–water partition coefficient (Wildman–Crippen LogP) is 1.89. The Morgan fingerprint density at radius 1 is 1.29 bits per heavy atom. The van der Waals surface area contributed by atoms with Crippen molar-refractivity contribution in [3.63, 3.8) is 0 Å². The number of rotatable bonds is 5. The standard InChI is InChI=1S/C18H23F3N4O3/c1-3-28-17(27)11-5-4-8-25(10-11)18(22-2)23-9-14(26)24-13-7-6-12(19)15(20)16(13)21/h6-7,11H,3-5,8-10H2,1-2H3,(H,22,23)(H,24,26). The van der Waals surface area contributed by atoms with Crippen molar-refractivity contribution in [3.8, 4) is 0 Å². The topological polar surface area (TPSA) is 83.0 Å². The van der Waals surface area contributed by atoms with Crippen LogP contribution in [0.1, 0.15) is 19.8 Å². The number of anilines is 1. The summed E-state index contributed by atoms with van der Waals surface area (Å²) >= 11 is 0. The molecule has 1 aromatic rings. The lowest BCUT2D eigenvalue weighted by Gasteiger charge is -2.33. The van der Waals surface area contributed by atoms with E-state index < -0.39 is 29.0 Å². The van der Waals surface area contributed by atoms with Crippen molar-refractivity contribution in [1.29, 1.82) is 0 Å². The number of esters is 1. The molecule has 1 aliphatic rings. The molecule has 1 aliphatic heterocycles. The molecule has 0 bridgehead atoms. The fourth-order valence-corrected chi connectivity index (χ4v) is 2.93. The van der Waals surface area contributed by atoms with E-state index in [1.165, 1.54) is 7.05 Å². The van der Waals surface area contributed by atoms with Gasteiger partial charge in [0.05, 0.1) is 24.8 Å². The lowest BCUT2D eigenvalue weighted by molar-refractivity contribution is -0.149. The number of carbonyl (C=O) groups excluding carboxylic acids is 2. The second-order valence-electron chi connectivity index (χ2n) is 6.21. The van der Waals surface area contributed by atoms with Gasteiger partial charge >= 0.3 is 5.97 Å². The van der Waals surface area contributed by atoms with Gasteiger partial charge in [-0.2, -0.15) is 0 Å². The number of benzene rings is 1. The summed E-state index contributed by atoms with van der Waals surface area (Å²) in [6, 6.07) is 1.67. The molecule has 1 amide bonds. The van der Waals surface area contributed by atoms with E-state index in [-0.39, 0.29) is 18.4 Å². The summed E-state index contributed by atoms with van der Waals surface area (Å²) in [5, 5.41) is 4.99. The van der Waals surface area contributed by atoms with Crippen LogP contribution in [0, 0.1) is 23.4 Å². The van der Waals surface area contributed by atoms with Crippen molar-refractivity contribution in [2.75, 3.05) is 38.6 Å². The Morgan fingerprint density at radius 3 is 2.71 bits per heavy atom. The Balaban J connectivity index is 1.92. The van der Waals surface area contributed by atoms with Crippen LogP contribution in [0.2, 0.25) is 0 Å². The minimum Gasteiger partial charge on any atom is -0.466 e.